The fourth-order valence-electron chi connectivity index (χ4n) is 2.13. The van der Waals surface area contributed by atoms with E-state index in [1.54, 1.807) is 43.3 Å². The second kappa shape index (κ2) is 7.86. The van der Waals surface area contributed by atoms with Crippen LogP contribution in [-0.2, 0) is 14.8 Å². The van der Waals surface area contributed by atoms with Gasteiger partial charge >= 0.3 is 0 Å². The molecule has 8 heteroatoms. The Morgan fingerprint density at radius 2 is 1.80 bits per heavy atom. The summed E-state index contributed by atoms with van der Waals surface area (Å²) < 4.78 is 32.6. The van der Waals surface area contributed by atoms with Gasteiger partial charge in [0.15, 0.2) is 0 Å². The van der Waals surface area contributed by atoms with E-state index >= 15 is 0 Å². The number of rotatable bonds is 6. The highest BCUT2D eigenvalue weighted by molar-refractivity contribution is 7.89. The molecule has 0 aliphatic heterocycles. The van der Waals surface area contributed by atoms with Gasteiger partial charge in [0.1, 0.15) is 10.6 Å². The number of benzene rings is 2. The van der Waals surface area contributed by atoms with Crippen molar-refractivity contribution in [1.82, 2.24) is 4.72 Å². The van der Waals surface area contributed by atoms with Gasteiger partial charge in [-0.3, -0.25) is 4.79 Å². The molecule has 0 saturated heterocycles. The van der Waals surface area contributed by atoms with Gasteiger partial charge in [0.05, 0.1) is 13.2 Å². The molecule has 2 aromatic carbocycles. The van der Waals surface area contributed by atoms with E-state index in [-0.39, 0.29) is 10.6 Å². The van der Waals surface area contributed by atoms with Gasteiger partial charge in [0.25, 0.3) is 0 Å². The lowest BCUT2D eigenvalue weighted by atomic mass is 10.2. The van der Waals surface area contributed by atoms with Crippen LogP contribution in [0, 0.1) is 6.92 Å². The third-order valence-electron chi connectivity index (χ3n) is 3.45. The van der Waals surface area contributed by atoms with Gasteiger partial charge in [0.2, 0.25) is 15.9 Å². The molecule has 2 rings (SSSR count). The van der Waals surface area contributed by atoms with Gasteiger partial charge in [-0.1, -0.05) is 17.7 Å². The van der Waals surface area contributed by atoms with Gasteiger partial charge < -0.3 is 10.1 Å². The number of anilines is 1. The monoisotopic (exact) mass is 382 g/mol. The van der Waals surface area contributed by atoms with Crippen molar-refractivity contribution in [2.45, 2.75) is 24.8 Å². The molecule has 1 amide bonds. The predicted molar refractivity (Wildman–Crippen MR) is 97.6 cm³/mol. The number of nitrogens with one attached hydrogen (secondary N) is 2. The maximum absolute atomic E-state index is 12.6. The minimum Gasteiger partial charge on any atom is -0.495 e. The minimum absolute atomic E-state index is 0.0128. The SMILES string of the molecule is COc1ccc(C)cc1S(=O)(=O)N[C@@H](C)C(=O)Nc1ccc(Cl)cc1. The summed E-state index contributed by atoms with van der Waals surface area (Å²) in [7, 11) is -2.54. The lowest BCUT2D eigenvalue weighted by Gasteiger charge is -2.16. The Hall–Kier alpha value is -2.09. The number of sulfonamides is 1. The Balaban J connectivity index is 2.15. The summed E-state index contributed by atoms with van der Waals surface area (Å²) in [5, 5.41) is 3.17. The molecule has 0 aliphatic carbocycles. The summed E-state index contributed by atoms with van der Waals surface area (Å²) in [4.78, 5) is 12.2. The van der Waals surface area contributed by atoms with Crippen molar-refractivity contribution in [1.29, 1.82) is 0 Å². The van der Waals surface area contributed by atoms with Crippen molar-refractivity contribution < 1.29 is 17.9 Å². The van der Waals surface area contributed by atoms with Crippen LogP contribution in [0.1, 0.15) is 12.5 Å². The quantitative estimate of drug-likeness (QED) is 0.804. The van der Waals surface area contributed by atoms with Gasteiger partial charge in [-0.2, -0.15) is 4.72 Å². The maximum Gasteiger partial charge on any atom is 0.244 e. The molecule has 0 radical (unpaired) electrons. The van der Waals surface area contributed by atoms with Crippen LogP contribution in [0.2, 0.25) is 5.02 Å². The van der Waals surface area contributed by atoms with Gasteiger partial charge in [-0.15, -0.1) is 0 Å². The van der Waals surface area contributed by atoms with Crippen LogP contribution in [0.4, 0.5) is 5.69 Å². The van der Waals surface area contributed by atoms with E-state index in [0.717, 1.165) is 5.56 Å². The van der Waals surface area contributed by atoms with Crippen LogP contribution < -0.4 is 14.8 Å². The van der Waals surface area contributed by atoms with E-state index < -0.39 is 22.0 Å². The van der Waals surface area contributed by atoms with Crippen molar-refractivity contribution in [3.8, 4) is 5.75 Å². The van der Waals surface area contributed by atoms with Crippen molar-refractivity contribution in [2.24, 2.45) is 0 Å². The number of aryl methyl sites for hydroxylation is 1. The molecule has 0 spiro atoms. The molecule has 0 aromatic heterocycles. The Morgan fingerprint density at radius 3 is 2.40 bits per heavy atom. The lowest BCUT2D eigenvalue weighted by Crippen LogP contribution is -2.41. The van der Waals surface area contributed by atoms with Crippen molar-refractivity contribution in [2.75, 3.05) is 12.4 Å². The van der Waals surface area contributed by atoms with Crippen molar-refractivity contribution >= 4 is 33.2 Å². The predicted octanol–water partition coefficient (Wildman–Crippen LogP) is 2.96. The fraction of sp³-hybridized carbons (Fsp3) is 0.235. The molecule has 0 aliphatic rings. The largest absolute Gasteiger partial charge is 0.495 e. The Bertz CT molecular complexity index is 867. The number of hydrogen-bond donors (Lipinski definition) is 2. The van der Waals surface area contributed by atoms with E-state index in [9.17, 15) is 13.2 Å². The molecular weight excluding hydrogens is 364 g/mol. The zero-order valence-corrected chi connectivity index (χ0v) is 15.6. The van der Waals surface area contributed by atoms with E-state index in [1.807, 2.05) is 0 Å². The number of hydrogen-bond acceptors (Lipinski definition) is 4. The first-order chi connectivity index (χ1) is 11.7. The zero-order chi connectivity index (χ0) is 18.6. The second-order valence-electron chi connectivity index (χ2n) is 5.49. The smallest absolute Gasteiger partial charge is 0.244 e. The third kappa shape index (κ3) is 4.94. The van der Waals surface area contributed by atoms with Crippen LogP contribution in [0.25, 0.3) is 0 Å². The molecule has 25 heavy (non-hydrogen) atoms. The summed E-state index contributed by atoms with van der Waals surface area (Å²) in [5.74, 6) is -0.277. The van der Waals surface area contributed by atoms with E-state index in [1.165, 1.54) is 20.1 Å². The highest BCUT2D eigenvalue weighted by Gasteiger charge is 2.25. The number of carbonyl (C=O) groups excluding carboxylic acids is 1. The number of amides is 1. The van der Waals surface area contributed by atoms with Gasteiger partial charge in [0, 0.05) is 10.7 Å². The van der Waals surface area contributed by atoms with Crippen molar-refractivity contribution in [3.05, 3.63) is 53.1 Å². The minimum atomic E-state index is -3.93. The summed E-state index contributed by atoms with van der Waals surface area (Å²) >= 11 is 5.79. The van der Waals surface area contributed by atoms with Gasteiger partial charge in [-0.25, -0.2) is 8.42 Å². The van der Waals surface area contributed by atoms with Crippen molar-refractivity contribution in [3.63, 3.8) is 0 Å². The Morgan fingerprint density at radius 1 is 1.16 bits per heavy atom. The highest BCUT2D eigenvalue weighted by atomic mass is 35.5. The fourth-order valence-corrected chi connectivity index (χ4v) is 3.71. The summed E-state index contributed by atoms with van der Waals surface area (Å²) in [5.41, 5.74) is 1.29. The molecule has 1 atom stereocenters. The van der Waals surface area contributed by atoms with E-state index in [4.69, 9.17) is 16.3 Å². The molecule has 0 saturated carbocycles. The van der Waals surface area contributed by atoms with Crippen LogP contribution >= 0.6 is 11.6 Å². The van der Waals surface area contributed by atoms with Crippen LogP contribution in [0.3, 0.4) is 0 Å². The average Bonchev–Trinajstić information content (AvgIpc) is 2.56. The molecular formula is C17H19ClN2O4S. The molecule has 0 bridgehead atoms. The van der Waals surface area contributed by atoms with Crippen LogP contribution in [-0.4, -0.2) is 27.5 Å². The number of ether oxygens (including phenoxy) is 1. The Labute approximate surface area is 152 Å². The Kier molecular flexibility index (Phi) is 6.05. The molecule has 0 unspecified atom stereocenters. The van der Waals surface area contributed by atoms with E-state index in [0.29, 0.717) is 10.7 Å². The second-order valence-corrected chi connectivity index (χ2v) is 7.61. The summed E-state index contributed by atoms with van der Waals surface area (Å²) in [6.45, 7) is 3.24. The average molecular weight is 383 g/mol. The van der Waals surface area contributed by atoms with Crippen LogP contribution in [0.15, 0.2) is 47.4 Å². The number of methoxy groups -OCH3 is 1. The molecule has 6 nitrogen and oxygen atoms in total. The molecule has 0 heterocycles. The van der Waals surface area contributed by atoms with Gasteiger partial charge in [-0.05, 0) is 55.8 Å². The first kappa shape index (κ1) is 19.2. The normalized spacial score (nSPS) is 12.5. The maximum atomic E-state index is 12.6. The topological polar surface area (TPSA) is 84.5 Å². The molecule has 2 aromatic rings. The first-order valence-corrected chi connectivity index (χ1v) is 9.32. The third-order valence-corrected chi connectivity index (χ3v) is 5.26. The lowest BCUT2D eigenvalue weighted by molar-refractivity contribution is -0.117. The number of carbonyl (C=O) groups is 1. The zero-order valence-electron chi connectivity index (χ0n) is 14.0. The summed E-state index contributed by atoms with van der Waals surface area (Å²) in [6.07, 6.45) is 0. The standard InChI is InChI=1S/C17H19ClN2O4S/c1-11-4-9-15(24-3)16(10-11)25(22,23)20-12(2)17(21)19-14-7-5-13(18)6-8-14/h4-10,12,20H,1-3H3,(H,19,21)/t12-/m0/s1. The molecule has 134 valence electrons. The highest BCUT2D eigenvalue weighted by Crippen LogP contribution is 2.24. The molecule has 0 fully saturated rings. The molecule has 2 N–H and O–H groups in total. The summed E-state index contributed by atoms with van der Waals surface area (Å²) in [6, 6.07) is 10.3. The first-order valence-electron chi connectivity index (χ1n) is 7.46. The number of halogens is 1. The van der Waals surface area contributed by atoms with E-state index in [2.05, 4.69) is 10.0 Å². The van der Waals surface area contributed by atoms with Crippen LogP contribution in [0.5, 0.6) is 5.75 Å².